The van der Waals surface area contributed by atoms with Gasteiger partial charge in [0.1, 0.15) is 5.15 Å². The summed E-state index contributed by atoms with van der Waals surface area (Å²) in [4.78, 5) is 10.8. The van der Waals surface area contributed by atoms with Crippen molar-refractivity contribution in [1.29, 1.82) is 0 Å². The van der Waals surface area contributed by atoms with Crippen LogP contribution >= 0.6 is 46.4 Å². The lowest BCUT2D eigenvalue weighted by Gasteiger charge is -2.05. The van der Waals surface area contributed by atoms with Crippen molar-refractivity contribution >= 4 is 52.7 Å². The third-order valence-electron chi connectivity index (χ3n) is 2.07. The summed E-state index contributed by atoms with van der Waals surface area (Å²) in [6.45, 7) is 0. The highest BCUT2D eigenvalue weighted by Gasteiger charge is 2.17. The molecule has 3 nitrogen and oxygen atoms in total. The van der Waals surface area contributed by atoms with Crippen molar-refractivity contribution in [3.63, 3.8) is 0 Å². The molecule has 7 heteroatoms. The molecule has 1 aromatic carbocycles. The summed E-state index contributed by atoms with van der Waals surface area (Å²) < 4.78 is 1.28. The fourth-order valence-electron chi connectivity index (χ4n) is 1.29. The van der Waals surface area contributed by atoms with E-state index in [1.165, 1.54) is 4.68 Å². The predicted octanol–water partition coefficient (Wildman–Crippen LogP) is 4.30. The van der Waals surface area contributed by atoms with Crippen LogP contribution in [0.15, 0.2) is 18.2 Å². The molecule has 88 valence electrons. The summed E-state index contributed by atoms with van der Waals surface area (Å²) in [6, 6.07) is 4.81. The first kappa shape index (κ1) is 12.7. The summed E-state index contributed by atoms with van der Waals surface area (Å²) in [5.74, 6) is 0. The number of rotatable bonds is 2. The number of aromatic nitrogens is 2. The molecule has 0 amide bonds. The first-order valence-corrected chi connectivity index (χ1v) is 5.90. The van der Waals surface area contributed by atoms with E-state index in [1.54, 1.807) is 18.2 Å². The maximum Gasteiger partial charge on any atom is 0.163 e. The number of carbonyl (C=O) groups is 1. The molecule has 0 unspecified atom stereocenters. The van der Waals surface area contributed by atoms with Gasteiger partial charge in [0.15, 0.2) is 11.4 Å². The number of hydrogen-bond donors (Lipinski definition) is 0. The zero-order valence-corrected chi connectivity index (χ0v) is 11.1. The van der Waals surface area contributed by atoms with Crippen LogP contribution in [-0.2, 0) is 0 Å². The van der Waals surface area contributed by atoms with Crippen LogP contribution in [-0.4, -0.2) is 16.1 Å². The molecule has 0 bridgehead atoms. The average Bonchev–Trinajstić information content (AvgIpc) is 2.54. The van der Waals surface area contributed by atoms with Gasteiger partial charge in [0, 0.05) is 5.02 Å². The van der Waals surface area contributed by atoms with Crippen molar-refractivity contribution in [2.45, 2.75) is 0 Å². The van der Waals surface area contributed by atoms with Gasteiger partial charge in [0.2, 0.25) is 0 Å². The van der Waals surface area contributed by atoms with Crippen molar-refractivity contribution in [2.24, 2.45) is 0 Å². The van der Waals surface area contributed by atoms with Crippen molar-refractivity contribution in [1.82, 2.24) is 9.78 Å². The van der Waals surface area contributed by atoms with E-state index in [0.29, 0.717) is 22.0 Å². The van der Waals surface area contributed by atoms with E-state index in [1.807, 2.05) is 0 Å². The summed E-state index contributed by atoms with van der Waals surface area (Å²) in [5.41, 5.74) is 0.621. The predicted molar refractivity (Wildman–Crippen MR) is 69.0 cm³/mol. The lowest BCUT2D eigenvalue weighted by molar-refractivity contribution is 0.112. The van der Waals surface area contributed by atoms with Crippen molar-refractivity contribution in [3.05, 3.63) is 44.1 Å². The monoisotopic (exact) mass is 308 g/mol. The number of halogens is 4. The van der Waals surface area contributed by atoms with E-state index in [9.17, 15) is 4.79 Å². The van der Waals surface area contributed by atoms with Gasteiger partial charge in [-0.2, -0.15) is 5.10 Å². The number of aldehydes is 1. The SMILES string of the molecule is O=Cc1c(Cl)nn(-c2ccc(Cl)cc2Cl)c1Cl. The zero-order valence-electron chi connectivity index (χ0n) is 8.12. The van der Waals surface area contributed by atoms with Crippen LogP contribution in [0.25, 0.3) is 5.69 Å². The summed E-state index contributed by atoms with van der Waals surface area (Å²) in [5, 5.41) is 4.91. The molecule has 2 aromatic rings. The molecule has 0 aliphatic heterocycles. The molecule has 0 fully saturated rings. The molecule has 0 saturated carbocycles. The maximum absolute atomic E-state index is 10.8. The Bertz CT molecular complexity index is 594. The Morgan fingerprint density at radius 1 is 1.18 bits per heavy atom. The second-order valence-corrected chi connectivity index (χ2v) is 4.68. The van der Waals surface area contributed by atoms with Crippen molar-refractivity contribution < 1.29 is 4.79 Å². The van der Waals surface area contributed by atoms with Crippen LogP contribution in [0.5, 0.6) is 0 Å². The highest BCUT2D eigenvalue weighted by Crippen LogP contribution is 2.30. The minimum absolute atomic E-state index is 0.0241. The number of benzene rings is 1. The van der Waals surface area contributed by atoms with Crippen molar-refractivity contribution in [3.8, 4) is 5.69 Å². The highest BCUT2D eigenvalue weighted by atomic mass is 35.5. The summed E-state index contributed by atoms with van der Waals surface area (Å²) in [7, 11) is 0. The molecular formula is C10H4Cl4N2O. The minimum Gasteiger partial charge on any atom is -0.298 e. The number of hydrogen-bond acceptors (Lipinski definition) is 2. The van der Waals surface area contributed by atoms with Gasteiger partial charge in [-0.1, -0.05) is 46.4 Å². The van der Waals surface area contributed by atoms with Gasteiger partial charge in [-0.25, -0.2) is 4.68 Å². The van der Waals surface area contributed by atoms with Crippen LogP contribution in [0, 0.1) is 0 Å². The highest BCUT2D eigenvalue weighted by molar-refractivity contribution is 6.38. The Balaban J connectivity index is 2.65. The topological polar surface area (TPSA) is 34.9 Å². The molecular weight excluding hydrogens is 306 g/mol. The zero-order chi connectivity index (χ0) is 12.6. The van der Waals surface area contributed by atoms with E-state index in [2.05, 4.69) is 5.10 Å². The van der Waals surface area contributed by atoms with E-state index >= 15 is 0 Å². The van der Waals surface area contributed by atoms with Gasteiger partial charge >= 0.3 is 0 Å². The Morgan fingerprint density at radius 2 is 1.88 bits per heavy atom. The molecule has 0 atom stereocenters. The molecule has 1 aromatic heterocycles. The number of nitrogens with zero attached hydrogens (tertiary/aromatic N) is 2. The molecule has 0 radical (unpaired) electrons. The Hall–Kier alpha value is -0.740. The van der Waals surface area contributed by atoms with E-state index in [4.69, 9.17) is 46.4 Å². The standard InChI is InChI=1S/C10H4Cl4N2O/c11-5-1-2-8(7(12)3-5)16-10(14)6(4-17)9(13)15-16/h1-4H. The maximum atomic E-state index is 10.8. The molecule has 0 spiro atoms. The Kier molecular flexibility index (Phi) is 3.64. The first-order valence-electron chi connectivity index (χ1n) is 4.39. The largest absolute Gasteiger partial charge is 0.298 e. The lowest BCUT2D eigenvalue weighted by Crippen LogP contribution is -1.97. The first-order chi connectivity index (χ1) is 8.04. The molecule has 1 heterocycles. The third kappa shape index (κ3) is 2.29. The average molecular weight is 310 g/mol. The Labute approximate surface area is 117 Å². The van der Waals surface area contributed by atoms with E-state index < -0.39 is 0 Å². The van der Waals surface area contributed by atoms with Crippen molar-refractivity contribution in [2.75, 3.05) is 0 Å². The normalized spacial score (nSPS) is 10.6. The van der Waals surface area contributed by atoms with E-state index in [0.717, 1.165) is 0 Å². The van der Waals surface area contributed by atoms with Gasteiger partial charge in [0.25, 0.3) is 0 Å². The minimum atomic E-state index is 0.0241. The lowest BCUT2D eigenvalue weighted by atomic mass is 10.3. The smallest absolute Gasteiger partial charge is 0.163 e. The molecule has 2 rings (SSSR count). The molecule has 0 aliphatic carbocycles. The molecule has 0 aliphatic rings. The second-order valence-electron chi connectivity index (χ2n) is 3.12. The van der Waals surface area contributed by atoms with E-state index in [-0.39, 0.29) is 15.9 Å². The van der Waals surface area contributed by atoms with Gasteiger partial charge in [-0.15, -0.1) is 0 Å². The molecule has 0 saturated heterocycles. The van der Waals surface area contributed by atoms with Gasteiger partial charge in [-0.05, 0) is 18.2 Å². The van der Waals surface area contributed by atoms with Crippen LogP contribution in [0.2, 0.25) is 20.4 Å². The van der Waals surface area contributed by atoms with Crippen LogP contribution in [0.1, 0.15) is 10.4 Å². The second kappa shape index (κ2) is 4.86. The fraction of sp³-hybridized carbons (Fsp3) is 0. The fourth-order valence-corrected chi connectivity index (χ4v) is 2.30. The molecule has 17 heavy (non-hydrogen) atoms. The summed E-state index contributed by atoms with van der Waals surface area (Å²) >= 11 is 23.5. The van der Waals surface area contributed by atoms with Crippen LogP contribution in [0.3, 0.4) is 0 Å². The Morgan fingerprint density at radius 3 is 2.41 bits per heavy atom. The summed E-state index contributed by atoms with van der Waals surface area (Å²) in [6.07, 6.45) is 0.540. The third-order valence-corrected chi connectivity index (χ3v) is 3.25. The van der Waals surface area contributed by atoms with Gasteiger partial charge < -0.3 is 0 Å². The van der Waals surface area contributed by atoms with Crippen LogP contribution in [0.4, 0.5) is 0 Å². The molecule has 0 N–H and O–H groups in total. The van der Waals surface area contributed by atoms with Gasteiger partial charge in [0.05, 0.1) is 16.3 Å². The number of carbonyl (C=O) groups excluding carboxylic acids is 1. The quantitative estimate of drug-likeness (QED) is 0.775. The van der Waals surface area contributed by atoms with Crippen LogP contribution < -0.4 is 0 Å². The van der Waals surface area contributed by atoms with Gasteiger partial charge in [-0.3, -0.25) is 4.79 Å².